The van der Waals surface area contributed by atoms with Crippen LogP contribution in [0.3, 0.4) is 0 Å². The zero-order chi connectivity index (χ0) is 15.8. The largest absolute Gasteiger partial charge is 0.381 e. The Bertz CT molecular complexity index is 464. The average molecular weight is 304 g/mol. The quantitative estimate of drug-likeness (QED) is 0.759. The number of ether oxygens (including phenoxy) is 1. The lowest BCUT2D eigenvalue weighted by molar-refractivity contribution is -0.130. The summed E-state index contributed by atoms with van der Waals surface area (Å²) in [5, 5.41) is 6.42. The Kier molecular flexibility index (Phi) is 6.40. The Morgan fingerprint density at radius 1 is 1.14 bits per heavy atom. The van der Waals surface area contributed by atoms with Gasteiger partial charge in [-0.3, -0.25) is 4.79 Å². The van der Waals surface area contributed by atoms with E-state index in [2.05, 4.69) is 48.7 Å². The number of aryl methyl sites for hydroxylation is 1. The molecule has 2 rings (SSSR count). The maximum absolute atomic E-state index is 12.8. The Morgan fingerprint density at radius 3 is 2.45 bits per heavy atom. The Morgan fingerprint density at radius 2 is 1.82 bits per heavy atom. The van der Waals surface area contributed by atoms with E-state index >= 15 is 0 Å². The first-order chi connectivity index (χ1) is 10.7. The van der Waals surface area contributed by atoms with Crippen molar-refractivity contribution >= 4 is 5.91 Å². The summed E-state index contributed by atoms with van der Waals surface area (Å²) in [6, 6.07) is 8.36. The molecule has 22 heavy (non-hydrogen) atoms. The summed E-state index contributed by atoms with van der Waals surface area (Å²) in [6.07, 6.45) is 2.62. The van der Waals surface area contributed by atoms with E-state index < -0.39 is 5.41 Å². The number of rotatable bonds is 7. The monoisotopic (exact) mass is 304 g/mol. The molecule has 0 saturated carbocycles. The molecular weight excluding hydrogens is 276 g/mol. The first-order valence-electron chi connectivity index (χ1n) is 8.33. The molecule has 0 atom stereocenters. The molecule has 0 radical (unpaired) electrons. The fraction of sp³-hybridized carbons (Fsp3) is 0.611. The third-order valence-electron chi connectivity index (χ3n) is 4.40. The van der Waals surface area contributed by atoms with Gasteiger partial charge in [0.15, 0.2) is 0 Å². The predicted octanol–water partition coefficient (Wildman–Crippen LogP) is 2.16. The molecule has 4 heteroatoms. The second-order valence-electron chi connectivity index (χ2n) is 6.07. The summed E-state index contributed by atoms with van der Waals surface area (Å²) in [4.78, 5) is 12.8. The maximum atomic E-state index is 12.8. The SMILES string of the molecule is CCCNCCNC(=O)C1(c2ccc(C)cc2)CCOCC1. The molecule has 1 amide bonds. The third kappa shape index (κ3) is 4.08. The standard InChI is InChI=1S/C18H28N2O2/c1-3-10-19-11-12-20-17(21)18(8-13-22-14-9-18)16-6-4-15(2)5-7-16/h4-7,19H,3,8-14H2,1-2H3,(H,20,21). The first-order valence-corrected chi connectivity index (χ1v) is 8.33. The Labute approximate surface area is 133 Å². The molecule has 2 N–H and O–H groups in total. The number of amides is 1. The summed E-state index contributed by atoms with van der Waals surface area (Å²) in [5.74, 6) is 0.137. The Hall–Kier alpha value is -1.39. The lowest BCUT2D eigenvalue weighted by atomic mass is 9.73. The van der Waals surface area contributed by atoms with Crippen LogP contribution in [-0.4, -0.2) is 38.8 Å². The van der Waals surface area contributed by atoms with Gasteiger partial charge in [-0.1, -0.05) is 36.8 Å². The fourth-order valence-corrected chi connectivity index (χ4v) is 2.97. The highest BCUT2D eigenvalue weighted by atomic mass is 16.5. The lowest BCUT2D eigenvalue weighted by Gasteiger charge is -2.36. The zero-order valence-electron chi connectivity index (χ0n) is 13.8. The van der Waals surface area contributed by atoms with Crippen molar-refractivity contribution in [2.24, 2.45) is 0 Å². The number of hydrogen-bond acceptors (Lipinski definition) is 3. The van der Waals surface area contributed by atoms with Crippen LogP contribution in [0.4, 0.5) is 0 Å². The van der Waals surface area contributed by atoms with Crippen LogP contribution in [0.15, 0.2) is 24.3 Å². The molecule has 1 aliphatic heterocycles. The number of nitrogens with one attached hydrogen (secondary N) is 2. The molecule has 0 unspecified atom stereocenters. The molecule has 1 aliphatic rings. The van der Waals surface area contributed by atoms with E-state index in [1.54, 1.807) is 0 Å². The van der Waals surface area contributed by atoms with Gasteiger partial charge in [0.1, 0.15) is 0 Å². The van der Waals surface area contributed by atoms with Gasteiger partial charge < -0.3 is 15.4 Å². The van der Waals surface area contributed by atoms with Crippen molar-refractivity contribution in [3.8, 4) is 0 Å². The fourth-order valence-electron chi connectivity index (χ4n) is 2.97. The van der Waals surface area contributed by atoms with E-state index in [0.29, 0.717) is 19.8 Å². The first kappa shape index (κ1) is 17.0. The van der Waals surface area contributed by atoms with Gasteiger partial charge in [-0.05, 0) is 38.3 Å². The average Bonchev–Trinajstić information content (AvgIpc) is 2.55. The summed E-state index contributed by atoms with van der Waals surface area (Å²) in [6.45, 7) is 7.99. The maximum Gasteiger partial charge on any atom is 0.230 e. The minimum Gasteiger partial charge on any atom is -0.381 e. The number of carbonyl (C=O) groups excluding carboxylic acids is 1. The van der Waals surface area contributed by atoms with E-state index in [9.17, 15) is 4.79 Å². The molecule has 4 nitrogen and oxygen atoms in total. The topological polar surface area (TPSA) is 50.4 Å². The van der Waals surface area contributed by atoms with Crippen LogP contribution in [0.25, 0.3) is 0 Å². The van der Waals surface area contributed by atoms with Crippen molar-refractivity contribution in [3.05, 3.63) is 35.4 Å². The van der Waals surface area contributed by atoms with Crippen LogP contribution >= 0.6 is 0 Å². The van der Waals surface area contributed by atoms with Crippen LogP contribution in [0.5, 0.6) is 0 Å². The highest BCUT2D eigenvalue weighted by Gasteiger charge is 2.41. The minimum absolute atomic E-state index is 0.137. The van der Waals surface area contributed by atoms with E-state index in [0.717, 1.165) is 37.9 Å². The molecule has 1 aromatic carbocycles. The second-order valence-corrected chi connectivity index (χ2v) is 6.07. The molecule has 0 aromatic heterocycles. The van der Waals surface area contributed by atoms with Crippen molar-refractivity contribution in [2.45, 2.75) is 38.5 Å². The van der Waals surface area contributed by atoms with E-state index in [4.69, 9.17) is 4.74 Å². The lowest BCUT2D eigenvalue weighted by Crippen LogP contribution is -2.49. The molecule has 0 spiro atoms. The molecule has 122 valence electrons. The number of carbonyl (C=O) groups is 1. The Balaban J connectivity index is 2.05. The van der Waals surface area contributed by atoms with Crippen molar-refractivity contribution in [1.29, 1.82) is 0 Å². The van der Waals surface area contributed by atoms with Crippen molar-refractivity contribution in [1.82, 2.24) is 10.6 Å². The van der Waals surface area contributed by atoms with Gasteiger partial charge in [-0.2, -0.15) is 0 Å². The molecule has 0 bridgehead atoms. The summed E-state index contributed by atoms with van der Waals surface area (Å²) >= 11 is 0. The van der Waals surface area contributed by atoms with Crippen LogP contribution in [0.2, 0.25) is 0 Å². The van der Waals surface area contributed by atoms with Gasteiger partial charge in [-0.15, -0.1) is 0 Å². The molecule has 1 saturated heterocycles. The molecule has 1 fully saturated rings. The van der Waals surface area contributed by atoms with E-state index in [1.807, 2.05) is 0 Å². The summed E-state index contributed by atoms with van der Waals surface area (Å²) in [7, 11) is 0. The van der Waals surface area contributed by atoms with Gasteiger partial charge >= 0.3 is 0 Å². The summed E-state index contributed by atoms with van der Waals surface area (Å²) in [5.41, 5.74) is 1.90. The predicted molar refractivity (Wildman–Crippen MR) is 89.1 cm³/mol. The number of benzene rings is 1. The van der Waals surface area contributed by atoms with Gasteiger partial charge in [0.2, 0.25) is 5.91 Å². The van der Waals surface area contributed by atoms with Crippen molar-refractivity contribution in [2.75, 3.05) is 32.8 Å². The molecular formula is C18H28N2O2. The van der Waals surface area contributed by atoms with Gasteiger partial charge in [0, 0.05) is 26.3 Å². The van der Waals surface area contributed by atoms with Crippen molar-refractivity contribution in [3.63, 3.8) is 0 Å². The number of hydrogen-bond donors (Lipinski definition) is 2. The third-order valence-corrected chi connectivity index (χ3v) is 4.40. The van der Waals surface area contributed by atoms with E-state index in [1.165, 1.54) is 5.56 Å². The zero-order valence-corrected chi connectivity index (χ0v) is 13.8. The molecule has 1 aromatic rings. The van der Waals surface area contributed by atoms with Crippen molar-refractivity contribution < 1.29 is 9.53 Å². The smallest absolute Gasteiger partial charge is 0.230 e. The van der Waals surface area contributed by atoms with E-state index in [-0.39, 0.29) is 5.91 Å². The van der Waals surface area contributed by atoms with Gasteiger partial charge in [0.05, 0.1) is 5.41 Å². The highest BCUT2D eigenvalue weighted by Crippen LogP contribution is 2.35. The minimum atomic E-state index is -0.434. The van der Waals surface area contributed by atoms with Crippen LogP contribution in [0.1, 0.15) is 37.3 Å². The second kappa shape index (κ2) is 8.30. The van der Waals surface area contributed by atoms with Crippen LogP contribution < -0.4 is 10.6 Å². The molecule has 0 aliphatic carbocycles. The van der Waals surface area contributed by atoms with Crippen LogP contribution in [0, 0.1) is 6.92 Å². The highest BCUT2D eigenvalue weighted by molar-refractivity contribution is 5.88. The molecule has 1 heterocycles. The van der Waals surface area contributed by atoms with Gasteiger partial charge in [-0.25, -0.2) is 0 Å². The summed E-state index contributed by atoms with van der Waals surface area (Å²) < 4.78 is 5.49. The van der Waals surface area contributed by atoms with Crippen LogP contribution in [-0.2, 0) is 14.9 Å². The normalized spacial score (nSPS) is 17.2. The van der Waals surface area contributed by atoms with Gasteiger partial charge in [0.25, 0.3) is 0 Å².